The quantitative estimate of drug-likeness (QED) is 0.635. The van der Waals surface area contributed by atoms with Crippen LogP contribution in [-0.2, 0) is 11.3 Å². The van der Waals surface area contributed by atoms with Crippen LogP contribution in [0.3, 0.4) is 0 Å². The fourth-order valence-corrected chi connectivity index (χ4v) is 2.13. The molecule has 20 heavy (non-hydrogen) atoms. The minimum atomic E-state index is -0.451. The van der Waals surface area contributed by atoms with Crippen molar-refractivity contribution in [2.75, 3.05) is 17.7 Å². The molecule has 2 rings (SSSR count). The van der Waals surface area contributed by atoms with Crippen LogP contribution in [0.2, 0.25) is 0 Å². The average molecular weight is 291 g/mol. The first kappa shape index (κ1) is 14.1. The number of hydrogen-bond donors (Lipinski definition) is 2. The summed E-state index contributed by atoms with van der Waals surface area (Å²) >= 11 is 1.47. The number of ether oxygens (including phenoxy) is 1. The second-order valence-electron chi connectivity index (χ2n) is 3.74. The highest BCUT2D eigenvalue weighted by Crippen LogP contribution is 2.20. The topological polar surface area (TPSA) is 117 Å². The summed E-state index contributed by atoms with van der Waals surface area (Å²) in [4.78, 5) is 24.1. The van der Waals surface area contributed by atoms with Gasteiger partial charge < -0.3 is 16.2 Å². The molecule has 8 heteroatoms. The summed E-state index contributed by atoms with van der Waals surface area (Å²) in [7, 11) is 0. The van der Waals surface area contributed by atoms with Crippen molar-refractivity contribution < 1.29 is 9.53 Å². The van der Waals surface area contributed by atoms with Crippen molar-refractivity contribution in [3.8, 4) is 0 Å². The molecule has 4 N–H and O–H groups in total. The Balaban J connectivity index is 2.08. The van der Waals surface area contributed by atoms with Crippen LogP contribution in [0.25, 0.3) is 0 Å². The summed E-state index contributed by atoms with van der Waals surface area (Å²) in [6, 6.07) is 7.18. The van der Waals surface area contributed by atoms with E-state index in [2.05, 4.69) is 15.0 Å². The van der Waals surface area contributed by atoms with Crippen molar-refractivity contribution in [3.63, 3.8) is 0 Å². The Labute approximate surface area is 119 Å². The van der Waals surface area contributed by atoms with Gasteiger partial charge in [-0.25, -0.2) is 4.79 Å². The summed E-state index contributed by atoms with van der Waals surface area (Å²) in [5.41, 5.74) is 11.4. The molecule has 0 saturated heterocycles. The number of carbonyl (C=O) groups is 1. The van der Waals surface area contributed by atoms with Gasteiger partial charge in [0.05, 0.1) is 5.56 Å². The summed E-state index contributed by atoms with van der Waals surface area (Å²) in [5.74, 6) is -0.251. The predicted molar refractivity (Wildman–Crippen MR) is 76.0 cm³/mol. The number of nitrogens with zero attached hydrogens (tertiary/aromatic N) is 3. The number of rotatable bonds is 4. The fraction of sp³-hybridized carbons (Fsp3) is 0.167. The van der Waals surface area contributed by atoms with Gasteiger partial charge in [-0.15, -0.1) is 11.8 Å². The van der Waals surface area contributed by atoms with Crippen LogP contribution in [0.4, 0.5) is 11.9 Å². The zero-order chi connectivity index (χ0) is 14.5. The minimum absolute atomic E-state index is 0.00642. The average Bonchev–Trinajstić information content (AvgIpc) is 2.43. The molecule has 0 aliphatic carbocycles. The zero-order valence-corrected chi connectivity index (χ0v) is 11.6. The molecule has 0 saturated carbocycles. The molecule has 0 radical (unpaired) electrons. The molecular weight excluding hydrogens is 278 g/mol. The van der Waals surface area contributed by atoms with Gasteiger partial charge in [0, 0.05) is 4.90 Å². The maximum absolute atomic E-state index is 12.0. The largest absolute Gasteiger partial charge is 0.454 e. The van der Waals surface area contributed by atoms with Crippen molar-refractivity contribution in [1.82, 2.24) is 15.0 Å². The van der Waals surface area contributed by atoms with E-state index in [4.69, 9.17) is 16.2 Å². The molecule has 1 aromatic heterocycles. The highest BCUT2D eigenvalue weighted by Gasteiger charge is 2.13. The van der Waals surface area contributed by atoms with E-state index in [9.17, 15) is 4.79 Å². The third kappa shape index (κ3) is 3.35. The molecule has 7 nitrogen and oxygen atoms in total. The summed E-state index contributed by atoms with van der Waals surface area (Å²) in [6.45, 7) is -0.113. The van der Waals surface area contributed by atoms with Gasteiger partial charge in [-0.05, 0) is 18.4 Å². The van der Waals surface area contributed by atoms with E-state index >= 15 is 0 Å². The first-order valence-electron chi connectivity index (χ1n) is 5.66. The Morgan fingerprint density at radius 1 is 1.20 bits per heavy atom. The van der Waals surface area contributed by atoms with Crippen molar-refractivity contribution in [3.05, 3.63) is 35.7 Å². The normalized spacial score (nSPS) is 10.2. The summed E-state index contributed by atoms with van der Waals surface area (Å²) in [5, 5.41) is 0. The van der Waals surface area contributed by atoms with E-state index in [0.29, 0.717) is 5.56 Å². The molecule has 0 amide bonds. The molecule has 2 aromatic rings. The zero-order valence-electron chi connectivity index (χ0n) is 10.7. The summed E-state index contributed by atoms with van der Waals surface area (Å²) < 4.78 is 5.15. The molecule has 0 spiro atoms. The Morgan fingerprint density at radius 3 is 2.50 bits per heavy atom. The van der Waals surface area contributed by atoms with Crippen LogP contribution in [0.15, 0.2) is 29.2 Å². The van der Waals surface area contributed by atoms with Crippen LogP contribution in [-0.4, -0.2) is 27.2 Å². The van der Waals surface area contributed by atoms with Crippen LogP contribution in [0, 0.1) is 0 Å². The predicted octanol–water partition coefficient (Wildman–Crippen LogP) is 1.11. The van der Waals surface area contributed by atoms with Gasteiger partial charge in [-0.1, -0.05) is 12.1 Å². The van der Waals surface area contributed by atoms with Gasteiger partial charge in [0.1, 0.15) is 0 Å². The smallest absolute Gasteiger partial charge is 0.339 e. The van der Waals surface area contributed by atoms with E-state index in [1.54, 1.807) is 12.1 Å². The number of aromatic nitrogens is 3. The molecule has 0 unspecified atom stereocenters. The van der Waals surface area contributed by atoms with Gasteiger partial charge in [0.2, 0.25) is 11.9 Å². The number of hydrogen-bond acceptors (Lipinski definition) is 8. The van der Waals surface area contributed by atoms with E-state index in [1.165, 1.54) is 11.8 Å². The van der Waals surface area contributed by atoms with Gasteiger partial charge >= 0.3 is 5.97 Å². The number of thioether (sulfide) groups is 1. The lowest BCUT2D eigenvalue weighted by atomic mass is 10.2. The molecule has 0 bridgehead atoms. The molecular formula is C12H13N5O2S. The van der Waals surface area contributed by atoms with Crippen LogP contribution >= 0.6 is 11.8 Å². The Bertz CT molecular complexity index is 615. The number of benzene rings is 1. The van der Waals surface area contributed by atoms with Crippen LogP contribution < -0.4 is 11.5 Å². The Kier molecular flexibility index (Phi) is 4.36. The van der Waals surface area contributed by atoms with Gasteiger partial charge in [0.15, 0.2) is 12.4 Å². The molecule has 1 heterocycles. The second-order valence-corrected chi connectivity index (χ2v) is 4.59. The van der Waals surface area contributed by atoms with E-state index in [1.807, 2.05) is 18.4 Å². The summed E-state index contributed by atoms with van der Waals surface area (Å²) in [6.07, 6.45) is 1.89. The molecule has 0 fully saturated rings. The Hall–Kier alpha value is -2.35. The molecule has 1 aromatic carbocycles. The van der Waals surface area contributed by atoms with Crippen molar-refractivity contribution >= 4 is 29.6 Å². The molecule has 0 atom stereocenters. The molecule has 0 aliphatic heterocycles. The lowest BCUT2D eigenvalue weighted by Crippen LogP contribution is -2.11. The maximum Gasteiger partial charge on any atom is 0.339 e. The second kappa shape index (κ2) is 6.20. The number of esters is 1. The number of nitrogen functional groups attached to an aromatic ring is 2. The van der Waals surface area contributed by atoms with Gasteiger partial charge in [0.25, 0.3) is 0 Å². The molecule has 0 aliphatic rings. The first-order chi connectivity index (χ1) is 9.60. The third-order valence-electron chi connectivity index (χ3n) is 2.38. The number of carbonyl (C=O) groups excluding carboxylic acids is 1. The standard InChI is InChI=1S/C12H13N5O2S/c1-20-8-5-3-2-4-7(8)10(18)19-6-9-15-11(13)17-12(14)16-9/h2-5H,6H2,1H3,(H4,13,14,15,16,17). The van der Waals surface area contributed by atoms with E-state index in [0.717, 1.165) is 4.90 Å². The van der Waals surface area contributed by atoms with Gasteiger partial charge in [-0.2, -0.15) is 15.0 Å². The van der Waals surface area contributed by atoms with Crippen molar-refractivity contribution in [2.45, 2.75) is 11.5 Å². The lowest BCUT2D eigenvalue weighted by Gasteiger charge is -2.07. The number of nitrogens with two attached hydrogens (primary N) is 2. The lowest BCUT2D eigenvalue weighted by molar-refractivity contribution is 0.0458. The highest BCUT2D eigenvalue weighted by molar-refractivity contribution is 7.98. The van der Waals surface area contributed by atoms with Crippen molar-refractivity contribution in [1.29, 1.82) is 0 Å². The van der Waals surface area contributed by atoms with E-state index < -0.39 is 5.97 Å². The monoisotopic (exact) mass is 291 g/mol. The fourth-order valence-electron chi connectivity index (χ4n) is 1.54. The highest BCUT2D eigenvalue weighted by atomic mass is 32.2. The maximum atomic E-state index is 12.0. The first-order valence-corrected chi connectivity index (χ1v) is 6.88. The van der Waals surface area contributed by atoms with E-state index in [-0.39, 0.29) is 24.3 Å². The number of anilines is 2. The SMILES string of the molecule is CSc1ccccc1C(=O)OCc1nc(N)nc(N)n1. The van der Waals surface area contributed by atoms with Crippen LogP contribution in [0.1, 0.15) is 16.2 Å². The van der Waals surface area contributed by atoms with Crippen molar-refractivity contribution in [2.24, 2.45) is 0 Å². The van der Waals surface area contributed by atoms with Gasteiger partial charge in [-0.3, -0.25) is 0 Å². The molecule has 104 valence electrons. The van der Waals surface area contributed by atoms with Crippen LogP contribution in [0.5, 0.6) is 0 Å². The Morgan fingerprint density at radius 2 is 1.85 bits per heavy atom. The third-order valence-corrected chi connectivity index (χ3v) is 3.17. The minimum Gasteiger partial charge on any atom is -0.454 e.